The minimum absolute atomic E-state index is 0.179. The molecule has 2 aliphatic rings. The van der Waals surface area contributed by atoms with Crippen LogP contribution in [0.15, 0.2) is 41.4 Å². The highest BCUT2D eigenvalue weighted by atomic mass is 16.5. The van der Waals surface area contributed by atoms with Crippen molar-refractivity contribution in [1.29, 1.82) is 0 Å². The molecule has 2 aromatic carbocycles. The number of nitrogen functional groups attached to an aromatic ring is 1. The van der Waals surface area contributed by atoms with Crippen molar-refractivity contribution in [3.63, 3.8) is 0 Å². The van der Waals surface area contributed by atoms with Crippen molar-refractivity contribution >= 4 is 34.8 Å². The van der Waals surface area contributed by atoms with Crippen LogP contribution in [-0.4, -0.2) is 24.8 Å². The number of anilines is 3. The van der Waals surface area contributed by atoms with Crippen molar-refractivity contribution in [2.45, 2.75) is 12.5 Å². The number of nitrogens with one attached hydrogen (secondary N) is 2. The van der Waals surface area contributed by atoms with Crippen molar-refractivity contribution in [2.24, 2.45) is 4.99 Å². The average Bonchev–Trinajstić information content (AvgIpc) is 2.95. The molecular formula is C18H16N4O3. The van der Waals surface area contributed by atoms with Gasteiger partial charge in [-0.2, -0.15) is 0 Å². The molecule has 0 aliphatic carbocycles. The van der Waals surface area contributed by atoms with Crippen LogP contribution < -0.4 is 16.4 Å². The Hall–Kier alpha value is -3.35. The Morgan fingerprint density at radius 1 is 1.20 bits per heavy atom. The van der Waals surface area contributed by atoms with E-state index in [0.717, 1.165) is 11.3 Å². The number of hydrogen-bond donors (Lipinski definition) is 3. The summed E-state index contributed by atoms with van der Waals surface area (Å²) in [6, 6.07) is 10.5. The highest BCUT2D eigenvalue weighted by Gasteiger charge is 2.36. The van der Waals surface area contributed by atoms with Crippen molar-refractivity contribution in [3.8, 4) is 0 Å². The summed E-state index contributed by atoms with van der Waals surface area (Å²) in [4.78, 5) is 28.8. The first kappa shape index (κ1) is 15.2. The van der Waals surface area contributed by atoms with Crippen LogP contribution in [-0.2, 0) is 16.1 Å². The third kappa shape index (κ3) is 2.50. The summed E-state index contributed by atoms with van der Waals surface area (Å²) >= 11 is 0. The van der Waals surface area contributed by atoms with Crippen molar-refractivity contribution in [2.75, 3.05) is 23.5 Å². The molecule has 0 spiro atoms. The Bertz CT molecular complexity index is 936. The van der Waals surface area contributed by atoms with Crippen LogP contribution in [0.25, 0.3) is 0 Å². The Balaban J connectivity index is 1.71. The van der Waals surface area contributed by atoms with Crippen LogP contribution in [0.3, 0.4) is 0 Å². The number of amidine groups is 1. The number of fused-ring (bicyclic) bond motifs is 2. The van der Waals surface area contributed by atoms with E-state index in [9.17, 15) is 9.59 Å². The van der Waals surface area contributed by atoms with Gasteiger partial charge in [-0.05, 0) is 47.5 Å². The summed E-state index contributed by atoms with van der Waals surface area (Å²) in [7, 11) is 1.33. The minimum Gasteiger partial charge on any atom is -0.465 e. The molecule has 0 fully saturated rings. The standard InChI is InChI=1S/C18H16N4O3/c1-25-18(24)9-2-4-14-12(7-9)15(17(23)22-14)16-20-8-10-6-11(19)3-5-13(10)21-16/h2-7,15H,8,19H2,1H3,(H,20,21)(H,22,23). The van der Waals surface area contributed by atoms with E-state index >= 15 is 0 Å². The topological polar surface area (TPSA) is 106 Å². The first-order valence-electron chi connectivity index (χ1n) is 7.79. The van der Waals surface area contributed by atoms with E-state index in [2.05, 4.69) is 15.6 Å². The highest BCUT2D eigenvalue weighted by molar-refractivity contribution is 6.22. The molecule has 0 aromatic heterocycles. The summed E-state index contributed by atoms with van der Waals surface area (Å²) < 4.78 is 4.76. The maximum absolute atomic E-state index is 12.5. The van der Waals surface area contributed by atoms with E-state index in [4.69, 9.17) is 10.5 Å². The molecule has 7 nitrogen and oxygen atoms in total. The molecule has 2 aromatic rings. The second kappa shape index (κ2) is 5.62. The molecular weight excluding hydrogens is 320 g/mol. The van der Waals surface area contributed by atoms with E-state index in [1.807, 2.05) is 12.1 Å². The first-order chi connectivity index (χ1) is 12.1. The maximum Gasteiger partial charge on any atom is 0.337 e. The number of carbonyl (C=O) groups is 2. The predicted molar refractivity (Wildman–Crippen MR) is 94.8 cm³/mol. The molecule has 4 N–H and O–H groups in total. The summed E-state index contributed by atoms with van der Waals surface area (Å²) in [5.74, 6) is -0.664. The summed E-state index contributed by atoms with van der Waals surface area (Å²) in [5, 5.41) is 6.05. The van der Waals surface area contributed by atoms with E-state index in [-0.39, 0.29) is 5.91 Å². The molecule has 1 unspecified atom stereocenters. The Morgan fingerprint density at radius 2 is 2.00 bits per heavy atom. The van der Waals surface area contributed by atoms with E-state index in [0.29, 0.717) is 34.9 Å². The number of methoxy groups -OCH3 is 1. The third-order valence-corrected chi connectivity index (χ3v) is 4.39. The lowest BCUT2D eigenvalue weighted by atomic mass is 9.96. The van der Waals surface area contributed by atoms with Gasteiger partial charge in [0.2, 0.25) is 5.91 Å². The molecule has 1 atom stereocenters. The van der Waals surface area contributed by atoms with Crippen molar-refractivity contribution in [3.05, 3.63) is 53.1 Å². The van der Waals surface area contributed by atoms with Gasteiger partial charge in [0.1, 0.15) is 11.8 Å². The fraction of sp³-hybridized carbons (Fsp3) is 0.167. The SMILES string of the molecule is COC(=O)c1ccc2c(c1)C(C1=NCc3cc(N)ccc3N1)C(=O)N2. The predicted octanol–water partition coefficient (Wildman–Crippen LogP) is 2.12. The van der Waals surface area contributed by atoms with Crippen LogP contribution in [0.5, 0.6) is 0 Å². The highest BCUT2D eigenvalue weighted by Crippen LogP contribution is 2.36. The van der Waals surface area contributed by atoms with Gasteiger partial charge in [0.15, 0.2) is 0 Å². The molecule has 0 radical (unpaired) electrons. The van der Waals surface area contributed by atoms with Gasteiger partial charge in [-0.15, -0.1) is 0 Å². The fourth-order valence-electron chi connectivity index (χ4n) is 3.16. The van der Waals surface area contributed by atoms with E-state index < -0.39 is 11.9 Å². The molecule has 1 amide bonds. The zero-order valence-electron chi connectivity index (χ0n) is 13.5. The lowest BCUT2D eigenvalue weighted by molar-refractivity contribution is -0.115. The molecule has 0 saturated heterocycles. The molecule has 126 valence electrons. The van der Waals surface area contributed by atoms with Gasteiger partial charge in [0.05, 0.1) is 19.2 Å². The third-order valence-electron chi connectivity index (χ3n) is 4.39. The summed E-state index contributed by atoms with van der Waals surface area (Å²) in [6.07, 6.45) is 0. The number of hydrogen-bond acceptors (Lipinski definition) is 6. The van der Waals surface area contributed by atoms with Crippen LogP contribution in [0.2, 0.25) is 0 Å². The second-order valence-corrected chi connectivity index (χ2v) is 5.96. The summed E-state index contributed by atoms with van der Waals surface area (Å²) in [6.45, 7) is 0.443. The number of aliphatic imine (C=N–C) groups is 1. The number of rotatable bonds is 2. The number of carbonyl (C=O) groups excluding carboxylic acids is 2. The first-order valence-corrected chi connectivity index (χ1v) is 7.79. The molecule has 7 heteroatoms. The van der Waals surface area contributed by atoms with Crippen LogP contribution in [0.4, 0.5) is 17.1 Å². The molecule has 2 heterocycles. The minimum atomic E-state index is -0.592. The number of ether oxygens (including phenoxy) is 1. The van der Waals surface area contributed by atoms with E-state index in [1.54, 1.807) is 24.3 Å². The van der Waals surface area contributed by atoms with Gasteiger partial charge < -0.3 is 21.1 Å². The molecule has 0 saturated carbocycles. The fourth-order valence-corrected chi connectivity index (χ4v) is 3.16. The lowest BCUT2D eigenvalue weighted by Gasteiger charge is -2.22. The van der Waals surface area contributed by atoms with Gasteiger partial charge in [-0.3, -0.25) is 9.79 Å². The van der Waals surface area contributed by atoms with Crippen molar-refractivity contribution < 1.29 is 14.3 Å². The van der Waals surface area contributed by atoms with Gasteiger partial charge in [-0.1, -0.05) is 0 Å². The Morgan fingerprint density at radius 3 is 2.80 bits per heavy atom. The largest absolute Gasteiger partial charge is 0.465 e. The second-order valence-electron chi connectivity index (χ2n) is 5.96. The number of benzene rings is 2. The van der Waals surface area contributed by atoms with Gasteiger partial charge in [-0.25, -0.2) is 4.79 Å². The van der Waals surface area contributed by atoms with Crippen LogP contribution in [0.1, 0.15) is 27.4 Å². The van der Waals surface area contributed by atoms with Crippen molar-refractivity contribution in [1.82, 2.24) is 0 Å². The summed E-state index contributed by atoms with van der Waals surface area (Å²) in [5.41, 5.74) is 10.1. The van der Waals surface area contributed by atoms with Gasteiger partial charge in [0.25, 0.3) is 0 Å². The lowest BCUT2D eigenvalue weighted by Crippen LogP contribution is -2.29. The van der Waals surface area contributed by atoms with Gasteiger partial charge >= 0.3 is 5.97 Å². The zero-order chi connectivity index (χ0) is 17.6. The van der Waals surface area contributed by atoms with E-state index in [1.165, 1.54) is 7.11 Å². The monoisotopic (exact) mass is 336 g/mol. The maximum atomic E-state index is 12.5. The Labute approximate surface area is 143 Å². The smallest absolute Gasteiger partial charge is 0.337 e. The molecule has 0 bridgehead atoms. The van der Waals surface area contributed by atoms with Crippen LogP contribution >= 0.6 is 0 Å². The zero-order valence-corrected chi connectivity index (χ0v) is 13.5. The molecule has 2 aliphatic heterocycles. The van der Waals surface area contributed by atoms with Crippen LogP contribution in [0, 0.1) is 0 Å². The molecule has 4 rings (SSSR count). The number of esters is 1. The Kier molecular flexibility index (Phi) is 3.42. The normalized spacial score (nSPS) is 17.7. The number of nitrogens with zero attached hydrogens (tertiary/aromatic N) is 1. The number of amides is 1. The number of nitrogens with two attached hydrogens (primary N) is 1. The van der Waals surface area contributed by atoms with Gasteiger partial charge in [0, 0.05) is 17.1 Å². The molecule has 25 heavy (non-hydrogen) atoms. The quantitative estimate of drug-likeness (QED) is 0.575. The average molecular weight is 336 g/mol.